The van der Waals surface area contributed by atoms with Gasteiger partial charge in [-0.05, 0) is 119 Å². The molecule has 12 aromatic carbocycles. The third kappa shape index (κ3) is 6.11. The molecule has 0 N–H and O–H groups in total. The second-order valence-electron chi connectivity index (χ2n) is 17.2. The zero-order valence-electron chi connectivity index (χ0n) is 36.1. The van der Waals surface area contributed by atoms with E-state index in [2.05, 4.69) is 264 Å². The lowest BCUT2D eigenvalue weighted by Gasteiger charge is -2.29. The van der Waals surface area contributed by atoms with Crippen molar-refractivity contribution in [3.8, 4) is 39.1 Å². The molecule has 0 aliphatic heterocycles. The van der Waals surface area contributed by atoms with Crippen LogP contribution in [0.4, 0.5) is 17.1 Å². The topological polar surface area (TPSA) is 8.17 Å². The third-order valence-electron chi connectivity index (χ3n) is 13.5. The van der Waals surface area contributed by atoms with Crippen LogP contribution < -0.4 is 4.90 Å². The molecule has 0 radical (unpaired) electrons. The lowest BCUT2D eigenvalue weighted by Crippen LogP contribution is -2.12. The van der Waals surface area contributed by atoms with E-state index < -0.39 is 0 Å². The molecule has 0 fully saturated rings. The molecule has 0 aliphatic rings. The van der Waals surface area contributed by atoms with Crippen molar-refractivity contribution in [2.45, 2.75) is 0 Å². The Balaban J connectivity index is 1.06. The molecule has 66 heavy (non-hydrogen) atoms. The molecule has 13 aromatic rings. The number of anilines is 3. The maximum Gasteiger partial charge on any atom is 0.0547 e. The number of hydrogen-bond acceptors (Lipinski definition) is 1. The van der Waals surface area contributed by atoms with Crippen LogP contribution in [0.25, 0.3) is 104 Å². The van der Waals surface area contributed by atoms with Crippen molar-refractivity contribution in [2.75, 3.05) is 4.90 Å². The molecule has 0 amide bonds. The standard InChI is InChI=1S/C64H42N2/c1-3-18-43(19-4-1)47-40-49(42-50(41-47)66-61-33-16-14-29-59(61)64-53-24-8-7-22-45(53)36-39-62(64)66)65(60-32-15-13-23-51(60)44-20-5-2-6-21-44)48-37-34-46(35-38-48)52-30-17-31-58-56-26-10-9-25-54(56)55-27-11-12-28-57(55)63(52)58/h1-42H. The average Bonchev–Trinajstić information content (AvgIpc) is 3.74. The Labute approximate surface area is 383 Å². The van der Waals surface area contributed by atoms with Gasteiger partial charge in [0.25, 0.3) is 0 Å². The zero-order chi connectivity index (χ0) is 43.6. The smallest absolute Gasteiger partial charge is 0.0547 e. The van der Waals surface area contributed by atoms with Gasteiger partial charge in [0.15, 0.2) is 0 Å². The number of hydrogen-bond donors (Lipinski definition) is 0. The number of benzene rings is 12. The summed E-state index contributed by atoms with van der Waals surface area (Å²) >= 11 is 0. The molecule has 308 valence electrons. The van der Waals surface area contributed by atoms with Gasteiger partial charge < -0.3 is 9.47 Å². The van der Waals surface area contributed by atoms with Crippen molar-refractivity contribution in [1.29, 1.82) is 0 Å². The van der Waals surface area contributed by atoms with Gasteiger partial charge in [0.2, 0.25) is 0 Å². The summed E-state index contributed by atoms with van der Waals surface area (Å²) in [6.45, 7) is 0. The minimum atomic E-state index is 1.07. The SMILES string of the molecule is c1ccc(-c2cc(N(c3ccc(-c4cccc5c6ccccc6c6ccccc6c45)cc3)c3ccccc3-c3ccccc3)cc(-n3c4ccccc4c4c5ccccc5ccc43)c2)cc1. The van der Waals surface area contributed by atoms with Crippen molar-refractivity contribution in [3.63, 3.8) is 0 Å². The molecule has 0 bridgehead atoms. The Morgan fingerprint density at radius 2 is 0.818 bits per heavy atom. The Morgan fingerprint density at radius 3 is 1.56 bits per heavy atom. The second kappa shape index (κ2) is 15.5. The Kier molecular flexibility index (Phi) is 8.89. The monoisotopic (exact) mass is 838 g/mol. The number of nitrogens with zero attached hydrogens (tertiary/aromatic N) is 2. The summed E-state index contributed by atoms with van der Waals surface area (Å²) < 4.78 is 2.46. The van der Waals surface area contributed by atoms with Crippen molar-refractivity contribution in [3.05, 3.63) is 255 Å². The molecule has 0 unspecified atom stereocenters. The molecule has 0 saturated carbocycles. The van der Waals surface area contributed by atoms with E-state index in [1.807, 2.05) is 0 Å². The Morgan fingerprint density at radius 1 is 0.273 bits per heavy atom. The highest BCUT2D eigenvalue weighted by Gasteiger charge is 2.22. The molecule has 0 atom stereocenters. The molecule has 0 saturated heterocycles. The third-order valence-corrected chi connectivity index (χ3v) is 13.5. The minimum absolute atomic E-state index is 1.07. The lowest BCUT2D eigenvalue weighted by atomic mass is 9.89. The fourth-order valence-corrected chi connectivity index (χ4v) is 10.6. The highest BCUT2D eigenvalue weighted by atomic mass is 15.1. The van der Waals surface area contributed by atoms with E-state index in [-0.39, 0.29) is 0 Å². The quantitative estimate of drug-likeness (QED) is 0.145. The van der Waals surface area contributed by atoms with E-state index in [9.17, 15) is 0 Å². The van der Waals surface area contributed by atoms with Gasteiger partial charge in [0.1, 0.15) is 0 Å². The van der Waals surface area contributed by atoms with Gasteiger partial charge in [-0.15, -0.1) is 0 Å². The molecule has 0 spiro atoms. The molecule has 1 aromatic heterocycles. The van der Waals surface area contributed by atoms with Crippen molar-refractivity contribution >= 4 is 82.0 Å². The first-order valence-electron chi connectivity index (χ1n) is 22.8. The summed E-state index contributed by atoms with van der Waals surface area (Å²) in [7, 11) is 0. The second-order valence-corrected chi connectivity index (χ2v) is 17.2. The van der Waals surface area contributed by atoms with E-state index in [0.29, 0.717) is 0 Å². The molecule has 0 aliphatic carbocycles. The molecule has 13 rings (SSSR count). The van der Waals surface area contributed by atoms with Crippen molar-refractivity contribution in [1.82, 2.24) is 4.57 Å². The van der Waals surface area contributed by atoms with Crippen molar-refractivity contribution < 1.29 is 0 Å². The van der Waals surface area contributed by atoms with Crippen LogP contribution >= 0.6 is 0 Å². The summed E-state index contributed by atoms with van der Waals surface area (Å²) in [4.78, 5) is 2.46. The van der Waals surface area contributed by atoms with Crippen LogP contribution in [0, 0.1) is 0 Å². The first kappa shape index (κ1) is 37.8. The van der Waals surface area contributed by atoms with Crippen LogP contribution in [0.2, 0.25) is 0 Å². The fourth-order valence-electron chi connectivity index (χ4n) is 10.6. The van der Waals surface area contributed by atoms with Gasteiger partial charge in [0, 0.05) is 33.4 Å². The van der Waals surface area contributed by atoms with Crippen LogP contribution in [0.3, 0.4) is 0 Å². The van der Waals surface area contributed by atoms with Gasteiger partial charge in [0.05, 0.1) is 16.7 Å². The van der Waals surface area contributed by atoms with E-state index in [1.165, 1.54) is 81.6 Å². The summed E-state index contributed by atoms with van der Waals surface area (Å²) in [5, 5.41) is 12.7. The summed E-state index contributed by atoms with van der Waals surface area (Å²) in [5.74, 6) is 0. The van der Waals surface area contributed by atoms with Crippen molar-refractivity contribution in [2.24, 2.45) is 0 Å². The van der Waals surface area contributed by atoms with E-state index in [1.54, 1.807) is 0 Å². The van der Waals surface area contributed by atoms with E-state index >= 15 is 0 Å². The first-order chi connectivity index (χ1) is 32.8. The first-order valence-corrected chi connectivity index (χ1v) is 22.8. The van der Waals surface area contributed by atoms with Crippen LogP contribution in [-0.4, -0.2) is 4.57 Å². The van der Waals surface area contributed by atoms with Crippen LogP contribution in [0.15, 0.2) is 255 Å². The van der Waals surface area contributed by atoms with Gasteiger partial charge in [-0.25, -0.2) is 0 Å². The molecule has 1 heterocycles. The maximum atomic E-state index is 2.46. The number of rotatable bonds is 7. The Hall–Kier alpha value is -8.72. The predicted octanol–water partition coefficient (Wildman–Crippen LogP) is 17.9. The van der Waals surface area contributed by atoms with Gasteiger partial charge in [-0.2, -0.15) is 0 Å². The summed E-state index contributed by atoms with van der Waals surface area (Å²) in [5.41, 5.74) is 13.7. The number of aromatic nitrogens is 1. The fraction of sp³-hybridized carbons (Fsp3) is 0. The number of fused-ring (bicyclic) bond motifs is 11. The van der Waals surface area contributed by atoms with E-state index in [4.69, 9.17) is 0 Å². The van der Waals surface area contributed by atoms with Gasteiger partial charge in [-0.3, -0.25) is 0 Å². The number of para-hydroxylation sites is 2. The lowest BCUT2D eigenvalue weighted by molar-refractivity contribution is 1.17. The maximum absolute atomic E-state index is 2.46. The van der Waals surface area contributed by atoms with E-state index in [0.717, 1.165) is 39.4 Å². The average molecular weight is 839 g/mol. The molecular formula is C64H42N2. The molecular weight excluding hydrogens is 797 g/mol. The summed E-state index contributed by atoms with van der Waals surface area (Å²) in [6.07, 6.45) is 0. The zero-order valence-corrected chi connectivity index (χ0v) is 36.1. The van der Waals surface area contributed by atoms with Crippen LogP contribution in [-0.2, 0) is 0 Å². The van der Waals surface area contributed by atoms with Gasteiger partial charge in [-0.1, -0.05) is 206 Å². The normalized spacial score (nSPS) is 11.6. The van der Waals surface area contributed by atoms with Gasteiger partial charge >= 0.3 is 0 Å². The molecule has 2 nitrogen and oxygen atoms in total. The predicted molar refractivity (Wildman–Crippen MR) is 282 cm³/mol. The molecule has 2 heteroatoms. The van der Waals surface area contributed by atoms with Crippen LogP contribution in [0.5, 0.6) is 0 Å². The highest BCUT2D eigenvalue weighted by Crippen LogP contribution is 2.46. The minimum Gasteiger partial charge on any atom is -0.310 e. The summed E-state index contributed by atoms with van der Waals surface area (Å²) in [6, 6.07) is 93.3. The van der Waals surface area contributed by atoms with Crippen LogP contribution in [0.1, 0.15) is 0 Å². The largest absolute Gasteiger partial charge is 0.310 e. The highest BCUT2D eigenvalue weighted by molar-refractivity contribution is 6.28. The Bertz CT molecular complexity index is 3930.